The minimum Gasteiger partial charge on any atom is -0.457 e. The summed E-state index contributed by atoms with van der Waals surface area (Å²) in [5, 5.41) is 33.3. The topological polar surface area (TPSA) is 370 Å². The third-order valence-corrected chi connectivity index (χ3v) is 23.8. The molecule has 28 nitrogen and oxygen atoms in total. The van der Waals surface area contributed by atoms with Crippen molar-refractivity contribution in [2.24, 2.45) is 11.8 Å². The number of carbonyl (C=O) groups excluding carboxylic acids is 13. The van der Waals surface area contributed by atoms with Crippen LogP contribution in [0.25, 0.3) is 0 Å². The van der Waals surface area contributed by atoms with Crippen LogP contribution in [0.4, 0.5) is 0 Å². The number of benzene rings is 6. The van der Waals surface area contributed by atoms with Gasteiger partial charge in [0.25, 0.3) is 11.8 Å². The molecule has 28 heteroatoms. The maximum atomic E-state index is 14.9. The van der Waals surface area contributed by atoms with Gasteiger partial charge in [-0.15, -0.1) is 0 Å². The van der Waals surface area contributed by atoms with Crippen LogP contribution in [0.5, 0.6) is 23.0 Å². The van der Waals surface area contributed by atoms with Crippen molar-refractivity contribution in [3.63, 3.8) is 0 Å². The van der Waals surface area contributed by atoms with E-state index < -0.39 is 109 Å². The van der Waals surface area contributed by atoms with E-state index in [2.05, 4.69) is 42.5 Å². The van der Waals surface area contributed by atoms with Crippen LogP contribution in [0.1, 0.15) is 199 Å². The van der Waals surface area contributed by atoms with E-state index in [0.717, 1.165) is 123 Å². The van der Waals surface area contributed by atoms with Crippen LogP contribution < -0.4 is 52.0 Å². The van der Waals surface area contributed by atoms with Gasteiger partial charge in [-0.1, -0.05) is 162 Å². The molecule has 2 saturated carbocycles. The number of carbonyl (C=O) groups is 13. The van der Waals surface area contributed by atoms with Crippen molar-refractivity contribution in [3.05, 3.63) is 190 Å². The lowest BCUT2D eigenvalue weighted by Crippen LogP contribution is -2.61. The molecule has 3 unspecified atom stereocenters. The number of aliphatic hydroxyl groups is 1. The third kappa shape index (κ3) is 24.7. The average Bonchev–Trinajstić information content (AvgIpc) is 0.777. The number of aryl methyl sites for hydroxylation is 2. The lowest BCUT2D eigenvalue weighted by atomic mass is 9.82. The van der Waals surface area contributed by atoms with Gasteiger partial charge in [0.15, 0.2) is 6.10 Å². The second-order valence-electron chi connectivity index (χ2n) is 33.3. The van der Waals surface area contributed by atoms with Crippen LogP contribution >= 0.6 is 0 Å². The summed E-state index contributed by atoms with van der Waals surface area (Å²) in [6.07, 6.45) is 13.8. The molecule has 6 aliphatic heterocycles. The van der Waals surface area contributed by atoms with Crippen LogP contribution in [0.3, 0.4) is 0 Å². The molecule has 2 aliphatic carbocycles. The first-order chi connectivity index (χ1) is 58.8. The fourth-order valence-electron chi connectivity index (χ4n) is 17.1. The lowest BCUT2D eigenvalue weighted by Gasteiger charge is -2.41. The molecule has 0 saturated heterocycles. The molecule has 12 amide bonds. The molecule has 0 radical (unpaired) electrons. The van der Waals surface area contributed by atoms with Gasteiger partial charge >= 0.3 is 0 Å². The first kappa shape index (κ1) is 90.9. The molecule has 14 rings (SSSR count). The number of ether oxygens (including phenoxy) is 2. The number of rotatable bonds is 24. The quantitative estimate of drug-likeness (QED) is 0.0256. The zero-order chi connectivity index (χ0) is 86.9. The van der Waals surface area contributed by atoms with E-state index in [1.165, 1.54) is 19.6 Å². The van der Waals surface area contributed by atoms with E-state index in [0.29, 0.717) is 59.8 Å². The normalized spacial score (nSPS) is 19.6. The van der Waals surface area contributed by atoms with Crippen molar-refractivity contribution in [2.45, 2.75) is 235 Å². The molecule has 8 aliphatic rings. The summed E-state index contributed by atoms with van der Waals surface area (Å²) in [6, 6.07) is 36.3. The van der Waals surface area contributed by atoms with Gasteiger partial charge in [0, 0.05) is 67.0 Å². The number of hydrogen-bond donors (Lipinski definition) is 9. The fourth-order valence-corrected chi connectivity index (χ4v) is 17.1. The summed E-state index contributed by atoms with van der Waals surface area (Å²) in [5.74, 6) is -4.94. The largest absolute Gasteiger partial charge is 0.457 e. The summed E-state index contributed by atoms with van der Waals surface area (Å²) in [5.41, 5.74) is 6.68. The molecule has 0 aromatic heterocycles. The summed E-state index contributed by atoms with van der Waals surface area (Å²) in [7, 11) is 6.28. The summed E-state index contributed by atoms with van der Waals surface area (Å²) in [4.78, 5) is 184. The summed E-state index contributed by atoms with van der Waals surface area (Å²) >= 11 is 0. The molecule has 6 aromatic carbocycles. The summed E-state index contributed by atoms with van der Waals surface area (Å²) in [6.45, 7) is 2.68. The number of aliphatic hydroxyl groups excluding tert-OH is 1. The molecular formula is C94H118N12O16. The van der Waals surface area contributed by atoms with Gasteiger partial charge in [0.1, 0.15) is 59.2 Å². The predicted octanol–water partition coefficient (Wildman–Crippen LogP) is 8.67. The summed E-state index contributed by atoms with van der Waals surface area (Å²) < 4.78 is 12.5. The van der Waals surface area contributed by atoms with E-state index in [-0.39, 0.29) is 98.9 Å². The average molecular weight is 1670 g/mol. The lowest BCUT2D eigenvalue weighted by molar-refractivity contribution is -0.147. The van der Waals surface area contributed by atoms with Crippen LogP contribution in [-0.2, 0) is 101 Å². The molecule has 650 valence electrons. The molecule has 10 bridgehead atoms. The third-order valence-electron chi connectivity index (χ3n) is 23.8. The molecule has 6 heterocycles. The van der Waals surface area contributed by atoms with Gasteiger partial charge in [-0.3, -0.25) is 62.3 Å². The van der Waals surface area contributed by atoms with Crippen LogP contribution in [0, 0.1) is 11.8 Å². The van der Waals surface area contributed by atoms with Crippen molar-refractivity contribution < 1.29 is 76.9 Å². The molecule has 9 N–H and O–H groups in total. The second kappa shape index (κ2) is 44.1. The minimum atomic E-state index is -1.74. The van der Waals surface area contributed by atoms with Gasteiger partial charge in [-0.05, 0) is 182 Å². The standard InChI is InChI=1S/C47H60N6O8.C47H58N6O8/c2*1-4-13-37(43(56)45(58)48-28-40(55)51-41(46(59)52(2)3)31-15-7-5-8-16-31)49-44(57)38-27-33-22-25-36-26-34(33)29-53(38)47(60)42(32-17-9-6-10-18-32)50-39(54)19-12-11-14-30-20-23-35(61-36)24-21-30/h5,7-8,15-16,20-26,32,37-38,41-43,56H,4,6,9-14,17-19,27-29H2,1-3H3,(H,48,58)(H,49,57)(H,50,54)(H,51,55);5,7-8,15-16,20-26,32,37-38,41-42H,4,6,9-14,17-19,27-29H2,1-3H3,(H,48,58)(H,49,57)(H,50,54)(H,51,55)/t37?,38-,41-,42-,43?;37?,38-,41-,42-/m00/s1. The van der Waals surface area contributed by atoms with E-state index in [1.807, 2.05) is 98.8 Å². The van der Waals surface area contributed by atoms with E-state index in [1.54, 1.807) is 88.9 Å². The first-order valence-electron chi connectivity index (χ1n) is 43.3. The predicted molar refractivity (Wildman–Crippen MR) is 457 cm³/mol. The first-order valence-corrected chi connectivity index (χ1v) is 43.3. The monoisotopic (exact) mass is 1670 g/mol. The number of likely N-dealkylation sites (N-methyl/N-ethyl adjacent to an activating group) is 2. The number of fused-ring (bicyclic) bond motifs is 18. The number of Topliss-reactive ketones (excluding diaryl/α,β-unsaturated/α-hetero) is 1. The Bertz CT molecular complexity index is 4670. The van der Waals surface area contributed by atoms with Crippen molar-refractivity contribution >= 4 is 76.7 Å². The minimum absolute atomic E-state index is 0.0593. The Labute approximate surface area is 713 Å². The molecular weight excluding hydrogens is 1550 g/mol. The highest BCUT2D eigenvalue weighted by Crippen LogP contribution is 2.37. The molecule has 122 heavy (non-hydrogen) atoms. The van der Waals surface area contributed by atoms with Crippen LogP contribution in [0.2, 0.25) is 0 Å². The van der Waals surface area contributed by atoms with E-state index in [9.17, 15) is 67.4 Å². The molecule has 9 atom stereocenters. The SMILES string of the molecule is CCCC(NC(=O)[C@@H]1Cc2ccc3cc2CN1C(=O)[C@H](C1CCCCC1)NC(=O)CCCCc1ccc(cc1)O3)C(=O)C(=O)NCC(=O)N[C@H](C(=O)N(C)C)c1ccccc1.CCCC(NC(=O)[C@@H]1Cc2ccc3cc2CN1C(=O)[C@H](C1CCCCC1)NC(=O)CCCCc1ccc(cc1)O3)C(O)C(=O)NCC(=O)N[C@H](C(=O)N(C)C)c1ccccc1. The molecule has 6 aromatic rings. The number of amides is 12. The Morgan fingerprint density at radius 2 is 0.861 bits per heavy atom. The van der Waals surface area contributed by atoms with Gasteiger partial charge in [-0.2, -0.15) is 0 Å². The van der Waals surface area contributed by atoms with Gasteiger partial charge in [0.2, 0.25) is 64.9 Å². The molecule has 2 fully saturated rings. The smallest absolute Gasteiger partial charge is 0.290 e. The Morgan fingerprint density at radius 1 is 0.459 bits per heavy atom. The number of hydrogen-bond acceptors (Lipinski definition) is 16. The maximum absolute atomic E-state index is 14.9. The Balaban J connectivity index is 0.000000238. The molecule has 0 spiro atoms. The van der Waals surface area contributed by atoms with Crippen molar-refractivity contribution in [3.8, 4) is 23.0 Å². The Morgan fingerprint density at radius 3 is 1.28 bits per heavy atom. The highest BCUT2D eigenvalue weighted by molar-refractivity contribution is 6.38. The van der Waals surface area contributed by atoms with Gasteiger partial charge < -0.3 is 76.7 Å². The number of nitrogens with zero attached hydrogens (tertiary/aromatic N) is 4. The van der Waals surface area contributed by atoms with Crippen LogP contribution in [-0.4, -0.2) is 185 Å². The highest BCUT2D eigenvalue weighted by Gasteiger charge is 2.45. The second-order valence-corrected chi connectivity index (χ2v) is 33.3. The fraction of sp³-hybridized carbons (Fsp3) is 0.479. The zero-order valence-electron chi connectivity index (χ0n) is 70.9. The van der Waals surface area contributed by atoms with E-state index >= 15 is 0 Å². The Hall–Kier alpha value is -11.8. The van der Waals surface area contributed by atoms with Crippen molar-refractivity contribution in [2.75, 3.05) is 41.3 Å². The van der Waals surface area contributed by atoms with Crippen molar-refractivity contribution in [1.29, 1.82) is 0 Å². The van der Waals surface area contributed by atoms with Gasteiger partial charge in [-0.25, -0.2) is 0 Å². The highest BCUT2D eigenvalue weighted by atomic mass is 16.5. The maximum Gasteiger partial charge on any atom is 0.290 e. The zero-order valence-corrected chi connectivity index (χ0v) is 70.9. The number of ketones is 1. The number of nitrogens with one attached hydrogen (secondary N) is 8. The Kier molecular flexibility index (Phi) is 32.9. The van der Waals surface area contributed by atoms with Crippen molar-refractivity contribution in [1.82, 2.24) is 62.1 Å². The van der Waals surface area contributed by atoms with E-state index in [4.69, 9.17) is 9.47 Å². The van der Waals surface area contributed by atoms with Gasteiger partial charge in [0.05, 0.1) is 25.2 Å². The van der Waals surface area contributed by atoms with Crippen LogP contribution in [0.15, 0.2) is 146 Å².